The van der Waals surface area contributed by atoms with Crippen LogP contribution in [0.25, 0.3) is 0 Å². The summed E-state index contributed by atoms with van der Waals surface area (Å²) in [6.07, 6.45) is 2.02. The number of benzene rings is 1. The number of halogens is 1. The molecule has 4 atom stereocenters. The lowest BCUT2D eigenvalue weighted by Crippen LogP contribution is -2.41. The van der Waals surface area contributed by atoms with Gasteiger partial charge in [0, 0.05) is 24.9 Å². The van der Waals surface area contributed by atoms with Crippen LogP contribution in [-0.2, 0) is 20.9 Å². The van der Waals surface area contributed by atoms with Crippen LogP contribution in [0.1, 0.15) is 31.7 Å². The Morgan fingerprint density at radius 2 is 2.17 bits per heavy atom. The van der Waals surface area contributed by atoms with Crippen LogP contribution < -0.4 is 0 Å². The molecule has 0 radical (unpaired) electrons. The van der Waals surface area contributed by atoms with Crippen molar-refractivity contribution in [2.45, 2.75) is 51.2 Å². The number of alkyl halides is 1. The molecule has 0 bridgehead atoms. The lowest BCUT2D eigenvalue weighted by molar-refractivity contribution is -0.164. The van der Waals surface area contributed by atoms with E-state index in [4.69, 9.17) is 4.74 Å². The minimum Gasteiger partial charge on any atom is -0.430 e. The van der Waals surface area contributed by atoms with Gasteiger partial charge >= 0.3 is 5.97 Å². The van der Waals surface area contributed by atoms with E-state index in [-0.39, 0.29) is 18.4 Å². The van der Waals surface area contributed by atoms with E-state index in [9.17, 15) is 14.0 Å². The molecule has 1 heterocycles. The molecule has 1 unspecified atom stereocenters. The molecule has 1 aliphatic rings. The van der Waals surface area contributed by atoms with Crippen molar-refractivity contribution in [1.29, 1.82) is 0 Å². The first kappa shape index (κ1) is 18.3. The summed E-state index contributed by atoms with van der Waals surface area (Å²) < 4.78 is 18.6. The van der Waals surface area contributed by atoms with E-state index in [0.29, 0.717) is 19.4 Å². The summed E-state index contributed by atoms with van der Waals surface area (Å²) in [5, 5.41) is 0. The number of esters is 1. The molecule has 1 aliphatic heterocycles. The summed E-state index contributed by atoms with van der Waals surface area (Å²) in [4.78, 5) is 25.6. The molecule has 0 spiro atoms. The van der Waals surface area contributed by atoms with E-state index < -0.39 is 18.4 Å². The second-order valence-electron chi connectivity index (χ2n) is 6.07. The van der Waals surface area contributed by atoms with Crippen molar-refractivity contribution < 1.29 is 18.7 Å². The predicted octanol–water partition coefficient (Wildman–Crippen LogP) is 3.27. The zero-order valence-electron chi connectivity index (χ0n) is 13.9. The van der Waals surface area contributed by atoms with E-state index in [1.54, 1.807) is 6.08 Å². The van der Waals surface area contributed by atoms with Crippen LogP contribution in [-0.4, -0.2) is 35.6 Å². The summed E-state index contributed by atoms with van der Waals surface area (Å²) in [5.41, 5.74) is 1.01. The zero-order chi connectivity index (χ0) is 17.5. The highest BCUT2D eigenvalue weighted by atomic mass is 19.1. The molecule has 24 heavy (non-hydrogen) atoms. The number of rotatable bonds is 8. The molecular formula is C19H24FNO3. The molecule has 4 nitrogen and oxygen atoms in total. The second-order valence-corrected chi connectivity index (χ2v) is 6.07. The summed E-state index contributed by atoms with van der Waals surface area (Å²) in [6, 6.07) is 8.74. The maximum atomic E-state index is 13.7. The van der Waals surface area contributed by atoms with E-state index >= 15 is 0 Å². The fraction of sp³-hybridized carbons (Fsp3) is 0.474. The first-order valence-electron chi connectivity index (χ1n) is 8.32. The molecule has 1 saturated heterocycles. The third-order valence-electron chi connectivity index (χ3n) is 4.37. The van der Waals surface area contributed by atoms with E-state index in [2.05, 4.69) is 6.58 Å². The van der Waals surface area contributed by atoms with Gasteiger partial charge in [0.05, 0.1) is 0 Å². The Bertz CT molecular complexity index is 563. The topological polar surface area (TPSA) is 46.6 Å². The highest BCUT2D eigenvalue weighted by molar-refractivity contribution is 5.78. The molecule has 0 saturated carbocycles. The predicted molar refractivity (Wildman–Crippen MR) is 89.8 cm³/mol. The standard InChI is InChI=1S/C19H24FNO3/c1-3-8-18(20)24-19(23)17-11-15(13-22)16(4-2)21(17)12-14-9-6-5-7-10-14/h4-7,9-10,13,15-18H,2-3,8,11-12H2,1H3/t15-,16+,17-,18?/m1/s1. The van der Waals surface area contributed by atoms with Gasteiger partial charge in [0.25, 0.3) is 0 Å². The lowest BCUT2D eigenvalue weighted by Gasteiger charge is -2.28. The first-order valence-corrected chi connectivity index (χ1v) is 8.32. The number of ether oxygens (including phenoxy) is 1. The second kappa shape index (κ2) is 8.73. The average Bonchev–Trinajstić information content (AvgIpc) is 2.93. The molecule has 1 aromatic rings. The largest absolute Gasteiger partial charge is 0.430 e. The van der Waals surface area contributed by atoms with Crippen molar-refractivity contribution in [2.24, 2.45) is 5.92 Å². The van der Waals surface area contributed by atoms with Crippen molar-refractivity contribution >= 4 is 12.3 Å². The van der Waals surface area contributed by atoms with Crippen LogP contribution in [0.5, 0.6) is 0 Å². The van der Waals surface area contributed by atoms with Crippen molar-refractivity contribution in [3.05, 3.63) is 48.6 Å². The Hall–Kier alpha value is -2.01. The Labute approximate surface area is 142 Å². The Morgan fingerprint density at radius 3 is 2.75 bits per heavy atom. The van der Waals surface area contributed by atoms with Gasteiger partial charge < -0.3 is 9.53 Å². The van der Waals surface area contributed by atoms with Crippen molar-refractivity contribution in [3.63, 3.8) is 0 Å². The third-order valence-corrected chi connectivity index (χ3v) is 4.37. The van der Waals surface area contributed by atoms with Gasteiger partial charge in [-0.1, -0.05) is 43.3 Å². The molecule has 0 aromatic heterocycles. The van der Waals surface area contributed by atoms with Crippen LogP contribution in [0.2, 0.25) is 0 Å². The number of likely N-dealkylation sites (tertiary alicyclic amines) is 1. The van der Waals surface area contributed by atoms with Gasteiger partial charge in [0.15, 0.2) is 0 Å². The van der Waals surface area contributed by atoms with Gasteiger partial charge in [0.1, 0.15) is 12.3 Å². The normalized spacial score (nSPS) is 25.2. The quantitative estimate of drug-likeness (QED) is 0.416. The number of carbonyl (C=O) groups is 2. The Morgan fingerprint density at radius 1 is 1.46 bits per heavy atom. The molecule has 0 amide bonds. The van der Waals surface area contributed by atoms with Gasteiger partial charge in [-0.2, -0.15) is 0 Å². The van der Waals surface area contributed by atoms with Gasteiger partial charge in [-0.25, -0.2) is 4.39 Å². The average molecular weight is 333 g/mol. The SMILES string of the molecule is C=C[C@H]1[C@@H](C=O)C[C@H](C(=O)OC(F)CCC)N1Cc1ccccc1. The number of carbonyl (C=O) groups excluding carboxylic acids is 2. The number of nitrogens with zero attached hydrogens (tertiary/aromatic N) is 1. The summed E-state index contributed by atoms with van der Waals surface area (Å²) >= 11 is 0. The minimum atomic E-state index is -1.60. The van der Waals surface area contributed by atoms with Crippen molar-refractivity contribution in [3.8, 4) is 0 Å². The van der Waals surface area contributed by atoms with Crippen LogP contribution in [0.3, 0.4) is 0 Å². The van der Waals surface area contributed by atoms with Crippen LogP contribution in [0.4, 0.5) is 4.39 Å². The summed E-state index contributed by atoms with van der Waals surface area (Å²) in [7, 11) is 0. The highest BCUT2D eigenvalue weighted by Crippen LogP contribution is 2.32. The van der Waals surface area contributed by atoms with Gasteiger partial charge in [0.2, 0.25) is 6.36 Å². The fourth-order valence-electron chi connectivity index (χ4n) is 3.16. The number of aldehydes is 1. The van der Waals surface area contributed by atoms with Crippen LogP contribution in [0, 0.1) is 5.92 Å². The monoisotopic (exact) mass is 333 g/mol. The molecular weight excluding hydrogens is 309 g/mol. The zero-order valence-corrected chi connectivity index (χ0v) is 13.9. The fourth-order valence-corrected chi connectivity index (χ4v) is 3.16. The molecule has 1 fully saturated rings. The third kappa shape index (κ3) is 4.29. The maximum Gasteiger partial charge on any atom is 0.325 e. The highest BCUT2D eigenvalue weighted by Gasteiger charge is 2.44. The molecule has 2 rings (SSSR count). The minimum absolute atomic E-state index is 0.180. The van der Waals surface area contributed by atoms with Crippen molar-refractivity contribution in [2.75, 3.05) is 0 Å². The van der Waals surface area contributed by atoms with Gasteiger partial charge in [-0.3, -0.25) is 9.69 Å². The molecule has 130 valence electrons. The Kier molecular flexibility index (Phi) is 6.67. The summed E-state index contributed by atoms with van der Waals surface area (Å²) in [6.45, 7) is 6.10. The van der Waals surface area contributed by atoms with E-state index in [1.165, 1.54) is 0 Å². The van der Waals surface area contributed by atoms with Crippen molar-refractivity contribution in [1.82, 2.24) is 4.90 Å². The lowest BCUT2D eigenvalue weighted by atomic mass is 10.0. The summed E-state index contributed by atoms with van der Waals surface area (Å²) in [5.74, 6) is -0.948. The van der Waals surface area contributed by atoms with Crippen LogP contribution >= 0.6 is 0 Å². The first-order chi connectivity index (χ1) is 11.6. The maximum absolute atomic E-state index is 13.7. The smallest absolute Gasteiger partial charge is 0.325 e. The van der Waals surface area contributed by atoms with E-state index in [1.807, 2.05) is 42.2 Å². The van der Waals surface area contributed by atoms with E-state index in [0.717, 1.165) is 11.8 Å². The molecule has 0 N–H and O–H groups in total. The van der Waals surface area contributed by atoms with Gasteiger partial charge in [-0.15, -0.1) is 6.58 Å². The number of hydrogen-bond donors (Lipinski definition) is 0. The number of hydrogen-bond acceptors (Lipinski definition) is 4. The molecule has 0 aliphatic carbocycles. The molecule has 1 aromatic carbocycles. The van der Waals surface area contributed by atoms with Gasteiger partial charge in [-0.05, 0) is 18.4 Å². The Balaban J connectivity index is 2.17. The van der Waals surface area contributed by atoms with Crippen LogP contribution in [0.15, 0.2) is 43.0 Å². The molecule has 5 heteroatoms.